The molecule has 5 heteroatoms. The molecule has 0 saturated carbocycles. The molecule has 2 rings (SSSR count). The molecule has 1 aliphatic rings. The van der Waals surface area contributed by atoms with Gasteiger partial charge in [0.15, 0.2) is 0 Å². The van der Waals surface area contributed by atoms with E-state index < -0.39 is 11.8 Å². The number of hydrogen-bond donors (Lipinski definition) is 1. The van der Waals surface area contributed by atoms with Gasteiger partial charge >= 0.3 is 5.97 Å². The molecule has 2 unspecified atom stereocenters. The van der Waals surface area contributed by atoms with Crippen LogP contribution in [-0.4, -0.2) is 24.8 Å². The van der Waals surface area contributed by atoms with Crippen LogP contribution in [0.2, 0.25) is 0 Å². The number of benzene rings is 1. The molecule has 18 heavy (non-hydrogen) atoms. The smallest absolute Gasteiger partial charge is 0.340 e. The largest absolute Gasteiger partial charge is 0.459 e. The highest BCUT2D eigenvalue weighted by Gasteiger charge is 2.23. The molecule has 1 fully saturated rings. The molecule has 1 heterocycles. The second kappa shape index (κ2) is 5.35. The fourth-order valence-corrected chi connectivity index (χ4v) is 1.96. The van der Waals surface area contributed by atoms with Crippen molar-refractivity contribution in [2.75, 3.05) is 12.3 Å². The summed E-state index contributed by atoms with van der Waals surface area (Å²) in [5, 5.41) is 0. The highest BCUT2D eigenvalue weighted by Crippen LogP contribution is 2.20. The van der Waals surface area contributed by atoms with Crippen LogP contribution >= 0.6 is 0 Å². The summed E-state index contributed by atoms with van der Waals surface area (Å²) in [6, 6.07) is 3.63. The topological polar surface area (TPSA) is 61.5 Å². The lowest BCUT2D eigenvalue weighted by atomic mass is 10.2. The summed E-state index contributed by atoms with van der Waals surface area (Å²) >= 11 is 0. The van der Waals surface area contributed by atoms with Crippen LogP contribution in [-0.2, 0) is 9.47 Å². The van der Waals surface area contributed by atoms with Gasteiger partial charge in [0, 0.05) is 5.69 Å². The number of carbonyl (C=O) groups is 1. The van der Waals surface area contributed by atoms with Crippen molar-refractivity contribution in [3.63, 3.8) is 0 Å². The van der Waals surface area contributed by atoms with E-state index in [-0.39, 0.29) is 30.1 Å². The van der Waals surface area contributed by atoms with Gasteiger partial charge < -0.3 is 15.2 Å². The van der Waals surface area contributed by atoms with Crippen molar-refractivity contribution in [2.24, 2.45) is 0 Å². The molecule has 1 aromatic carbocycles. The maximum atomic E-state index is 13.0. The number of halogens is 1. The zero-order chi connectivity index (χ0) is 13.1. The monoisotopic (exact) mass is 253 g/mol. The van der Waals surface area contributed by atoms with Gasteiger partial charge in [0.2, 0.25) is 0 Å². The lowest BCUT2D eigenvalue weighted by Crippen LogP contribution is -2.19. The van der Waals surface area contributed by atoms with Gasteiger partial charge in [0.1, 0.15) is 12.4 Å². The van der Waals surface area contributed by atoms with Gasteiger partial charge in [-0.25, -0.2) is 9.18 Å². The van der Waals surface area contributed by atoms with Crippen molar-refractivity contribution in [1.29, 1.82) is 0 Å². The van der Waals surface area contributed by atoms with Crippen molar-refractivity contribution < 1.29 is 18.7 Å². The first-order valence-electron chi connectivity index (χ1n) is 5.94. The van der Waals surface area contributed by atoms with Crippen LogP contribution in [0.5, 0.6) is 0 Å². The number of esters is 1. The van der Waals surface area contributed by atoms with Gasteiger partial charge in [-0.1, -0.05) is 0 Å². The second-order valence-corrected chi connectivity index (χ2v) is 4.48. The molecule has 98 valence electrons. The molecule has 0 amide bonds. The molecular formula is C13H16FNO3. The second-order valence-electron chi connectivity index (χ2n) is 4.48. The fourth-order valence-electron chi connectivity index (χ4n) is 1.96. The Hall–Kier alpha value is -1.62. The summed E-state index contributed by atoms with van der Waals surface area (Å²) in [7, 11) is 0. The number of rotatable bonds is 3. The van der Waals surface area contributed by atoms with E-state index in [9.17, 15) is 9.18 Å². The van der Waals surface area contributed by atoms with Gasteiger partial charge in [-0.05, 0) is 38.0 Å². The van der Waals surface area contributed by atoms with E-state index in [4.69, 9.17) is 15.2 Å². The van der Waals surface area contributed by atoms with E-state index >= 15 is 0 Å². The van der Waals surface area contributed by atoms with Crippen LogP contribution in [0.4, 0.5) is 10.1 Å². The molecular weight excluding hydrogens is 237 g/mol. The minimum absolute atomic E-state index is 0.0565. The third-order valence-electron chi connectivity index (χ3n) is 2.96. The predicted octanol–water partition coefficient (Wildman–Crippen LogP) is 2.13. The standard InChI is InChI=1S/C13H16FNO3/c1-8-2-4-10(18-8)7-17-13(16)11-6-9(14)3-5-12(11)15/h3,5-6,8,10H,2,4,7,15H2,1H3. The van der Waals surface area contributed by atoms with Crippen LogP contribution in [0.3, 0.4) is 0 Å². The molecule has 1 saturated heterocycles. The molecule has 0 aromatic heterocycles. The van der Waals surface area contributed by atoms with Crippen LogP contribution in [0.25, 0.3) is 0 Å². The molecule has 0 aliphatic carbocycles. The van der Waals surface area contributed by atoms with Crippen LogP contribution in [0, 0.1) is 5.82 Å². The van der Waals surface area contributed by atoms with E-state index in [1.54, 1.807) is 0 Å². The van der Waals surface area contributed by atoms with E-state index in [1.807, 2.05) is 6.92 Å². The van der Waals surface area contributed by atoms with Crippen LogP contribution < -0.4 is 5.73 Å². The SMILES string of the molecule is CC1CCC(COC(=O)c2cc(F)ccc2N)O1. The molecule has 0 spiro atoms. The van der Waals surface area contributed by atoms with Crippen LogP contribution in [0.1, 0.15) is 30.1 Å². The lowest BCUT2D eigenvalue weighted by Gasteiger charge is -2.12. The average molecular weight is 253 g/mol. The molecule has 2 N–H and O–H groups in total. The van der Waals surface area contributed by atoms with Gasteiger partial charge in [-0.2, -0.15) is 0 Å². The summed E-state index contributed by atoms with van der Waals surface area (Å²) in [5.74, 6) is -1.13. The summed E-state index contributed by atoms with van der Waals surface area (Å²) in [5.41, 5.74) is 5.86. The Morgan fingerprint density at radius 2 is 2.33 bits per heavy atom. The first kappa shape index (κ1) is 12.8. The van der Waals surface area contributed by atoms with Crippen molar-refractivity contribution in [3.05, 3.63) is 29.6 Å². The molecule has 2 atom stereocenters. The first-order valence-corrected chi connectivity index (χ1v) is 5.94. The summed E-state index contributed by atoms with van der Waals surface area (Å²) in [4.78, 5) is 11.7. The minimum Gasteiger partial charge on any atom is -0.459 e. The minimum atomic E-state index is -0.616. The molecule has 0 radical (unpaired) electrons. The quantitative estimate of drug-likeness (QED) is 0.662. The Bertz CT molecular complexity index is 450. The van der Waals surface area contributed by atoms with Gasteiger partial charge in [-0.3, -0.25) is 0 Å². The molecule has 1 aliphatic heterocycles. The van der Waals surface area contributed by atoms with Crippen LogP contribution in [0.15, 0.2) is 18.2 Å². The van der Waals surface area contributed by atoms with Crippen molar-refractivity contribution in [1.82, 2.24) is 0 Å². The Morgan fingerprint density at radius 3 is 3.00 bits per heavy atom. The van der Waals surface area contributed by atoms with Gasteiger partial charge in [-0.15, -0.1) is 0 Å². The maximum absolute atomic E-state index is 13.0. The van der Waals surface area contributed by atoms with E-state index in [0.717, 1.165) is 18.9 Å². The number of anilines is 1. The predicted molar refractivity (Wildman–Crippen MR) is 64.7 cm³/mol. The van der Waals surface area contributed by atoms with Crippen molar-refractivity contribution in [3.8, 4) is 0 Å². The summed E-state index contributed by atoms with van der Waals surface area (Å²) in [6.45, 7) is 2.16. The Morgan fingerprint density at radius 1 is 1.56 bits per heavy atom. The van der Waals surface area contributed by atoms with E-state index in [0.29, 0.717) is 0 Å². The molecule has 4 nitrogen and oxygen atoms in total. The van der Waals surface area contributed by atoms with Crippen molar-refractivity contribution >= 4 is 11.7 Å². The Labute approximate surface area is 105 Å². The lowest BCUT2D eigenvalue weighted by molar-refractivity contribution is -0.00262. The number of nitrogens with two attached hydrogens (primary N) is 1. The number of ether oxygens (including phenoxy) is 2. The summed E-state index contributed by atoms with van der Waals surface area (Å²) < 4.78 is 23.6. The van der Waals surface area contributed by atoms with Crippen molar-refractivity contribution in [2.45, 2.75) is 32.0 Å². The zero-order valence-corrected chi connectivity index (χ0v) is 10.2. The third kappa shape index (κ3) is 2.98. The Kier molecular flexibility index (Phi) is 3.81. The molecule has 0 bridgehead atoms. The highest BCUT2D eigenvalue weighted by atomic mass is 19.1. The number of nitrogen functional groups attached to an aromatic ring is 1. The normalized spacial score (nSPS) is 23.0. The van der Waals surface area contributed by atoms with E-state index in [2.05, 4.69) is 0 Å². The average Bonchev–Trinajstić information content (AvgIpc) is 2.75. The maximum Gasteiger partial charge on any atom is 0.340 e. The van der Waals surface area contributed by atoms with Gasteiger partial charge in [0.05, 0.1) is 17.8 Å². The highest BCUT2D eigenvalue weighted by molar-refractivity contribution is 5.95. The Balaban J connectivity index is 1.93. The third-order valence-corrected chi connectivity index (χ3v) is 2.96. The molecule has 1 aromatic rings. The van der Waals surface area contributed by atoms with E-state index in [1.165, 1.54) is 12.1 Å². The summed E-state index contributed by atoms with van der Waals surface area (Å²) in [6.07, 6.45) is 1.96. The van der Waals surface area contributed by atoms with Gasteiger partial charge in [0.25, 0.3) is 0 Å². The number of carbonyl (C=O) groups excluding carboxylic acids is 1. The first-order chi connectivity index (χ1) is 8.56. The number of hydrogen-bond acceptors (Lipinski definition) is 4. The fraction of sp³-hybridized carbons (Fsp3) is 0.462. The zero-order valence-electron chi connectivity index (χ0n) is 10.2.